The van der Waals surface area contributed by atoms with Gasteiger partial charge in [0.2, 0.25) is 0 Å². The first-order valence-electron chi connectivity index (χ1n) is 7.80. The summed E-state index contributed by atoms with van der Waals surface area (Å²) in [4.78, 5) is 50.5. The van der Waals surface area contributed by atoms with E-state index in [9.17, 15) is 19.2 Å². The first kappa shape index (κ1) is 16.1. The number of unbranched alkanes of at least 4 members (excludes halogenated alkanes) is 1. The third-order valence-corrected chi connectivity index (χ3v) is 5.77. The Balaban J connectivity index is 1.34. The zero-order valence-electron chi connectivity index (χ0n) is 12.6. The Hall–Kier alpha value is -1.77. The third kappa shape index (κ3) is 3.60. The molecule has 2 N–H and O–H groups in total. The molecular weight excluding hydrogens is 322 g/mol. The monoisotopic (exact) mass is 341 g/mol. The number of carbonyl (C=O) groups excluding carboxylic acids is 4. The Bertz CT molecular complexity index is 525. The highest BCUT2D eigenvalue weighted by Gasteiger charge is 2.42. The number of nitrogens with zero attached hydrogens (tertiary/aromatic N) is 1. The molecule has 0 aliphatic carbocycles. The molecule has 3 fully saturated rings. The largest absolute Gasteiger partial charge is 0.333 e. The minimum absolute atomic E-state index is 0.103. The van der Waals surface area contributed by atoms with Crippen LogP contribution in [0.1, 0.15) is 38.5 Å². The molecule has 0 spiro atoms. The van der Waals surface area contributed by atoms with Gasteiger partial charge in [0.05, 0.1) is 12.1 Å². The van der Waals surface area contributed by atoms with Gasteiger partial charge in [-0.3, -0.25) is 9.59 Å². The molecule has 3 rings (SSSR count). The number of fused-ring (bicyclic) bond motifs is 1. The number of urea groups is 1. The smallest absolute Gasteiger partial charge is 0.332 e. The van der Waals surface area contributed by atoms with Gasteiger partial charge in [-0.15, -0.1) is 5.06 Å². The van der Waals surface area contributed by atoms with E-state index in [1.165, 1.54) is 0 Å². The maximum absolute atomic E-state index is 11.7. The normalized spacial score (nSPS) is 29.5. The predicted molar refractivity (Wildman–Crippen MR) is 81.1 cm³/mol. The van der Waals surface area contributed by atoms with Gasteiger partial charge in [0, 0.05) is 30.3 Å². The summed E-state index contributed by atoms with van der Waals surface area (Å²) in [6, 6.07) is 0.266. The number of hydrogen-bond donors (Lipinski definition) is 2. The lowest BCUT2D eigenvalue weighted by molar-refractivity contribution is -0.197. The molecule has 3 aliphatic heterocycles. The van der Waals surface area contributed by atoms with Crippen LogP contribution in [0.5, 0.6) is 0 Å². The highest BCUT2D eigenvalue weighted by atomic mass is 32.2. The number of amides is 4. The summed E-state index contributed by atoms with van der Waals surface area (Å²) in [5.74, 6) is -0.557. The summed E-state index contributed by atoms with van der Waals surface area (Å²) in [5, 5.41) is 6.76. The van der Waals surface area contributed by atoms with E-state index in [-0.39, 0.29) is 37.4 Å². The van der Waals surface area contributed by atoms with Gasteiger partial charge in [-0.05, 0) is 12.8 Å². The number of rotatable bonds is 6. The van der Waals surface area contributed by atoms with Crippen LogP contribution in [-0.2, 0) is 19.2 Å². The maximum Gasteiger partial charge on any atom is 0.333 e. The van der Waals surface area contributed by atoms with Crippen molar-refractivity contribution in [2.75, 3.05) is 5.75 Å². The van der Waals surface area contributed by atoms with Crippen LogP contribution in [0.25, 0.3) is 0 Å². The molecule has 4 amide bonds. The van der Waals surface area contributed by atoms with Crippen molar-refractivity contribution in [1.29, 1.82) is 0 Å². The zero-order chi connectivity index (χ0) is 16.4. The summed E-state index contributed by atoms with van der Waals surface area (Å²) in [6.07, 6.45) is 2.75. The average molecular weight is 341 g/mol. The van der Waals surface area contributed by atoms with Crippen molar-refractivity contribution in [3.8, 4) is 0 Å². The number of hydrogen-bond acceptors (Lipinski definition) is 6. The SMILES string of the molecule is O=C1NC2[C@H](CS[C@H]2CCCCC(=O)ON2C(=O)CCC2=O)N1. The highest BCUT2D eigenvalue weighted by molar-refractivity contribution is 8.00. The van der Waals surface area contributed by atoms with Gasteiger partial charge in [0.25, 0.3) is 11.8 Å². The molecule has 0 aromatic rings. The Morgan fingerprint density at radius 1 is 1.17 bits per heavy atom. The van der Waals surface area contributed by atoms with Crippen LogP contribution in [0.3, 0.4) is 0 Å². The molecule has 8 nitrogen and oxygen atoms in total. The van der Waals surface area contributed by atoms with E-state index in [0.29, 0.717) is 16.7 Å². The Labute approximate surface area is 137 Å². The molecule has 0 aromatic carbocycles. The van der Waals surface area contributed by atoms with Crippen molar-refractivity contribution in [3.05, 3.63) is 0 Å². The molecule has 126 valence electrons. The fraction of sp³-hybridized carbons (Fsp3) is 0.714. The second kappa shape index (κ2) is 6.77. The number of thioether (sulfide) groups is 1. The van der Waals surface area contributed by atoms with Gasteiger partial charge in [-0.2, -0.15) is 11.8 Å². The van der Waals surface area contributed by atoms with E-state index < -0.39 is 17.8 Å². The van der Waals surface area contributed by atoms with Crippen LogP contribution in [0.2, 0.25) is 0 Å². The Kier molecular flexibility index (Phi) is 4.74. The van der Waals surface area contributed by atoms with E-state index in [1.54, 1.807) is 0 Å². The van der Waals surface area contributed by atoms with E-state index in [4.69, 9.17) is 4.84 Å². The first-order valence-corrected chi connectivity index (χ1v) is 8.84. The van der Waals surface area contributed by atoms with Gasteiger partial charge in [-0.1, -0.05) is 6.42 Å². The van der Waals surface area contributed by atoms with Crippen molar-refractivity contribution in [3.63, 3.8) is 0 Å². The maximum atomic E-state index is 11.7. The van der Waals surface area contributed by atoms with Gasteiger partial charge in [0.15, 0.2) is 0 Å². The van der Waals surface area contributed by atoms with E-state index in [0.717, 1.165) is 18.6 Å². The second-order valence-electron chi connectivity index (χ2n) is 5.91. The fourth-order valence-electron chi connectivity index (χ4n) is 3.06. The molecule has 0 radical (unpaired) electrons. The van der Waals surface area contributed by atoms with Crippen LogP contribution in [-0.4, -0.2) is 52.0 Å². The quantitative estimate of drug-likeness (QED) is 0.409. The van der Waals surface area contributed by atoms with Gasteiger partial charge in [-0.25, -0.2) is 9.59 Å². The summed E-state index contributed by atoms with van der Waals surface area (Å²) >= 11 is 1.83. The molecular formula is C14H19N3O5S. The molecule has 1 unspecified atom stereocenters. The lowest BCUT2D eigenvalue weighted by atomic mass is 10.0. The minimum atomic E-state index is -0.554. The van der Waals surface area contributed by atoms with Gasteiger partial charge in [0.1, 0.15) is 0 Å². The molecule has 0 bridgehead atoms. The lowest BCUT2D eigenvalue weighted by Gasteiger charge is -2.16. The number of nitrogens with one attached hydrogen (secondary N) is 2. The molecule has 3 saturated heterocycles. The van der Waals surface area contributed by atoms with Crippen molar-refractivity contribution < 1.29 is 24.0 Å². The summed E-state index contributed by atoms with van der Waals surface area (Å²) in [5.41, 5.74) is 0. The van der Waals surface area contributed by atoms with Gasteiger partial charge >= 0.3 is 12.0 Å². The van der Waals surface area contributed by atoms with Crippen LogP contribution in [0.4, 0.5) is 4.79 Å². The summed E-state index contributed by atoms with van der Waals surface area (Å²) in [7, 11) is 0. The van der Waals surface area contributed by atoms with Crippen molar-refractivity contribution in [2.24, 2.45) is 0 Å². The van der Waals surface area contributed by atoms with Crippen molar-refractivity contribution >= 4 is 35.6 Å². The second-order valence-corrected chi connectivity index (χ2v) is 7.18. The van der Waals surface area contributed by atoms with E-state index >= 15 is 0 Å². The van der Waals surface area contributed by atoms with Crippen LogP contribution in [0, 0.1) is 0 Å². The Morgan fingerprint density at radius 3 is 2.65 bits per heavy atom. The number of hydroxylamine groups is 2. The topological polar surface area (TPSA) is 105 Å². The zero-order valence-corrected chi connectivity index (χ0v) is 13.4. The third-order valence-electron chi connectivity index (χ3n) is 4.26. The van der Waals surface area contributed by atoms with Crippen molar-refractivity contribution in [1.82, 2.24) is 15.7 Å². The number of carbonyl (C=O) groups is 4. The highest BCUT2D eigenvalue weighted by Crippen LogP contribution is 2.33. The summed E-state index contributed by atoms with van der Waals surface area (Å²) in [6.45, 7) is 0. The molecule has 0 aromatic heterocycles. The summed E-state index contributed by atoms with van der Waals surface area (Å²) < 4.78 is 0. The van der Waals surface area contributed by atoms with E-state index in [2.05, 4.69) is 10.6 Å². The molecule has 3 aliphatic rings. The molecule has 3 atom stereocenters. The van der Waals surface area contributed by atoms with Crippen LogP contribution >= 0.6 is 11.8 Å². The minimum Gasteiger partial charge on any atom is -0.332 e. The van der Waals surface area contributed by atoms with Gasteiger partial charge < -0.3 is 15.5 Å². The predicted octanol–water partition coefficient (Wildman–Crippen LogP) is 0.319. The van der Waals surface area contributed by atoms with Crippen LogP contribution < -0.4 is 10.6 Å². The molecule has 23 heavy (non-hydrogen) atoms. The number of imide groups is 1. The molecule has 3 heterocycles. The lowest BCUT2D eigenvalue weighted by Crippen LogP contribution is -2.36. The van der Waals surface area contributed by atoms with E-state index in [1.807, 2.05) is 11.8 Å². The van der Waals surface area contributed by atoms with Crippen LogP contribution in [0.15, 0.2) is 0 Å². The standard InChI is InChI=1S/C14H19N3O5S/c18-10-5-6-11(19)17(10)22-12(20)4-2-1-3-9-13-8(7-23-9)15-14(21)16-13/h8-9,13H,1-7H2,(H2,15,16,21)/t8-,9-,13?/m0/s1. The van der Waals surface area contributed by atoms with Crippen molar-refractivity contribution in [2.45, 2.75) is 55.9 Å². The first-order chi connectivity index (χ1) is 11.0. The average Bonchev–Trinajstić information content (AvgIpc) is 3.14. The Morgan fingerprint density at radius 2 is 1.91 bits per heavy atom. The molecule has 0 saturated carbocycles. The molecule has 9 heteroatoms. The fourth-order valence-corrected chi connectivity index (χ4v) is 4.61.